The Balaban J connectivity index is 1.17. The van der Waals surface area contributed by atoms with E-state index in [-0.39, 0.29) is 126 Å². The highest BCUT2D eigenvalue weighted by atomic mass is 16.5. The minimum Gasteiger partial charge on any atom is -0.461 e. The number of carbonyl (C=O) groups excluding carboxylic acids is 15. The van der Waals surface area contributed by atoms with E-state index in [0.717, 1.165) is 0 Å². The highest BCUT2D eigenvalue weighted by Crippen LogP contribution is 2.20. The number of esters is 2. The summed E-state index contributed by atoms with van der Waals surface area (Å²) >= 11 is 0. The molecule has 0 fully saturated rings. The summed E-state index contributed by atoms with van der Waals surface area (Å²) in [6.45, 7) is 20.3. The van der Waals surface area contributed by atoms with Crippen molar-refractivity contribution < 1.29 is 81.4 Å². The number of benzene rings is 7. The average molecular weight is 1880 g/mol. The summed E-state index contributed by atoms with van der Waals surface area (Å²) in [6.07, 6.45) is 5.78. The zero-order valence-corrected chi connectivity index (χ0v) is 80.7. The Labute approximate surface area is 805 Å². The summed E-state index contributed by atoms with van der Waals surface area (Å²) in [6, 6.07) is 43.7. The number of hydrogen-bond donors (Lipinski definition) is 13. The van der Waals surface area contributed by atoms with Crippen LogP contribution in [0.5, 0.6) is 0 Å². The fraction of sp³-hybridized carbons (Fsp3) is 0.449. The molecule has 7 aromatic carbocycles. The average Bonchev–Trinajstić information content (AvgIpc) is 0.861. The molecule has 0 saturated carbocycles. The molecule has 0 spiro atoms. The monoisotopic (exact) mass is 1880 g/mol. The van der Waals surface area contributed by atoms with Gasteiger partial charge in [-0.3, -0.25) is 71.9 Å². The van der Waals surface area contributed by atoms with Crippen molar-refractivity contribution in [1.29, 1.82) is 0 Å². The van der Waals surface area contributed by atoms with Gasteiger partial charge in [-0.25, -0.2) is 0 Å². The molecule has 30 nitrogen and oxygen atoms in total. The summed E-state index contributed by atoms with van der Waals surface area (Å²) < 4.78 is 11.2. The maximum Gasteiger partial charge on any atom is 0.308 e. The number of nitrogens with one attached hydrogen (secondary N) is 13. The highest BCUT2D eigenvalue weighted by molar-refractivity contribution is 6.01. The largest absolute Gasteiger partial charge is 0.461 e. The first-order chi connectivity index (χ1) is 65.6. The third-order valence-electron chi connectivity index (χ3n) is 22.3. The molecule has 0 saturated heterocycles. The molecule has 30 heteroatoms. The molecular weight excluding hydrogens is 1740 g/mol. The molecule has 0 aliphatic heterocycles. The molecule has 0 aliphatic rings. The molecule has 13 N–H and O–H groups in total. The Morgan fingerprint density at radius 3 is 0.701 bits per heavy atom. The van der Waals surface area contributed by atoms with E-state index >= 15 is 33.6 Å². The number of carbonyl (C=O) groups is 15. The van der Waals surface area contributed by atoms with E-state index in [0.29, 0.717) is 64.6 Å². The van der Waals surface area contributed by atoms with Gasteiger partial charge in [0.1, 0.15) is 85.7 Å². The fourth-order valence-electron chi connectivity index (χ4n) is 15.3. The Kier molecular flexibility index (Phi) is 47.5. The van der Waals surface area contributed by atoms with Gasteiger partial charge in [-0.15, -0.1) is 12.3 Å². The van der Waals surface area contributed by atoms with Crippen molar-refractivity contribution in [2.45, 2.75) is 271 Å². The second-order valence-electron chi connectivity index (χ2n) is 36.8. The lowest BCUT2D eigenvalue weighted by Gasteiger charge is -2.30. The van der Waals surface area contributed by atoms with Gasteiger partial charge < -0.3 is 78.6 Å². The van der Waals surface area contributed by atoms with Crippen LogP contribution in [-0.4, -0.2) is 168 Å². The molecule has 0 unspecified atom stereocenters. The summed E-state index contributed by atoms with van der Waals surface area (Å²) in [5.41, 5.74) is 4.03. The van der Waals surface area contributed by atoms with E-state index in [2.05, 4.69) is 75.0 Å². The van der Waals surface area contributed by atoms with E-state index in [1.165, 1.54) is 0 Å². The molecule has 13 amide bonds. The zero-order chi connectivity index (χ0) is 99.7. The van der Waals surface area contributed by atoms with E-state index in [1.54, 1.807) is 212 Å². The summed E-state index contributed by atoms with van der Waals surface area (Å²) in [7, 11) is 0. The number of amides is 13. The van der Waals surface area contributed by atoms with Crippen molar-refractivity contribution in [2.75, 3.05) is 6.54 Å². The van der Waals surface area contributed by atoms with Crippen molar-refractivity contribution in [1.82, 2.24) is 69.1 Å². The third kappa shape index (κ3) is 41.5. The van der Waals surface area contributed by atoms with Crippen LogP contribution >= 0.6 is 0 Å². The van der Waals surface area contributed by atoms with Crippen molar-refractivity contribution in [3.05, 3.63) is 251 Å². The Bertz CT molecular complexity index is 5050. The molecule has 12 atom stereocenters. The van der Waals surface area contributed by atoms with Crippen molar-refractivity contribution in [3.8, 4) is 12.3 Å². The molecule has 7 aromatic rings. The maximum absolute atomic E-state index is 15.7. The minimum atomic E-state index is -1.83. The maximum atomic E-state index is 15.7. The van der Waals surface area contributed by atoms with E-state index in [9.17, 15) is 38.4 Å². The van der Waals surface area contributed by atoms with Crippen LogP contribution < -0.4 is 69.1 Å². The molecule has 0 heterocycles. The molecule has 734 valence electrons. The Morgan fingerprint density at radius 1 is 0.263 bits per heavy atom. The first kappa shape index (κ1) is 110. The Morgan fingerprint density at radius 2 is 0.467 bits per heavy atom. The lowest BCUT2D eigenvalue weighted by molar-refractivity contribution is -0.149. The predicted molar refractivity (Wildman–Crippen MR) is 523 cm³/mol. The lowest BCUT2D eigenvalue weighted by Crippen LogP contribution is -2.62. The first-order valence-corrected chi connectivity index (χ1v) is 47.6. The van der Waals surface area contributed by atoms with Crippen LogP contribution in [0, 0.1) is 41.9 Å². The molecule has 0 aromatic heterocycles. The molecule has 7 rings (SSSR count). The number of rotatable bonds is 58. The lowest BCUT2D eigenvalue weighted by atomic mass is 9.97. The number of terminal acetylenes is 1. The van der Waals surface area contributed by atoms with Gasteiger partial charge in [0.25, 0.3) is 0 Å². The van der Waals surface area contributed by atoms with Crippen molar-refractivity contribution in [3.63, 3.8) is 0 Å². The summed E-state index contributed by atoms with van der Waals surface area (Å²) in [5.74, 6) is -10.3. The minimum absolute atomic E-state index is 0.0221. The standard InChI is InChI=1S/C107H139N13O17/c1-13-15-24-53-93(121)109-81(55-69(3)4)97(125)110-82(56-70(5)6)98(126)111-83(57-71(7)8)99(127)112-84(58-72(9)10)100(128)113-85(59-73(11)12)101(129)114-86(60-74-39-25-17-26-40-74)102(130)115-87(61-75-41-27-18-28-42-75)103(131)116-88(62-76-43-29-19-30-44-76)104(132)117-89(63-77-45-31-20-32-46-77)105(133)118-90(64-78-47-33-21-34-48-78)106(134)120-92(66-95(123)137-68-80-51-37-23-38-52-80)107(135)119-91(96(124)108-54-16-14-2)65-94(122)136-67-79-49-35-22-36-50-79/h1,17-23,25-52,69-73,81-92H,14-16,24,53-68H2,2-12H3,(H,108,124)(H,109,121)(H,110,125)(H,111,126)(H,112,127)(H,113,128)(H,114,129)(H,115,130)(H,116,131)(H,117,132)(H,118,133)(H,119,135)(H,120,134)/t81-,82+,83+,84+,85+,86+,87-,88-,89-,90-,91+,92-/m1/s1. The van der Waals surface area contributed by atoms with Gasteiger partial charge in [-0.05, 0) is 113 Å². The first-order valence-electron chi connectivity index (χ1n) is 47.6. The van der Waals surface area contributed by atoms with Crippen LogP contribution in [-0.2, 0) is 127 Å². The molecule has 0 bridgehead atoms. The van der Waals surface area contributed by atoms with Gasteiger partial charge in [0, 0.05) is 51.5 Å². The normalized spacial score (nSPS) is 13.8. The second-order valence-corrected chi connectivity index (χ2v) is 36.8. The topological polar surface area (TPSA) is 431 Å². The van der Waals surface area contributed by atoms with E-state index in [4.69, 9.17) is 15.9 Å². The molecule has 0 radical (unpaired) electrons. The van der Waals surface area contributed by atoms with Gasteiger partial charge in [0.15, 0.2) is 0 Å². The quantitative estimate of drug-likeness (QED) is 0.00959. The molecule has 137 heavy (non-hydrogen) atoms. The van der Waals surface area contributed by atoms with Crippen LogP contribution in [0.25, 0.3) is 0 Å². The number of hydrogen-bond acceptors (Lipinski definition) is 17. The van der Waals surface area contributed by atoms with E-state index < -0.39 is 168 Å². The highest BCUT2D eigenvalue weighted by Gasteiger charge is 2.40. The summed E-state index contributed by atoms with van der Waals surface area (Å²) in [4.78, 5) is 221. The van der Waals surface area contributed by atoms with Crippen LogP contribution in [0.2, 0.25) is 0 Å². The second kappa shape index (κ2) is 59.1. The fourth-order valence-corrected chi connectivity index (χ4v) is 15.3. The van der Waals surface area contributed by atoms with Crippen molar-refractivity contribution >= 4 is 88.7 Å². The number of unbranched alkanes of at least 4 members (excludes halogenated alkanes) is 2. The molecule has 0 aliphatic carbocycles. The number of ether oxygens (including phenoxy) is 2. The Hall–Kier alpha value is -13.9. The SMILES string of the molecule is C#CCCCC(=O)N[C@H](CC(C)C)C(=O)N[C@@H](CC(C)C)C(=O)N[C@@H](CC(C)C)C(=O)N[C@@H](CC(C)C)C(=O)N[C@@H](CC(C)C)C(=O)N[C@@H](Cc1ccccc1)C(=O)N[C@H](Cc1ccccc1)C(=O)N[C@H](Cc1ccccc1)C(=O)N[C@H](Cc1ccccc1)C(=O)N[C@H](Cc1ccccc1)C(=O)N[C@H](CC(=O)OCc1ccccc1)C(=O)N[C@@H](CC(=O)OCc1ccccc1)C(=O)NCCCC. The van der Waals surface area contributed by atoms with Gasteiger partial charge in [-0.1, -0.05) is 295 Å². The van der Waals surface area contributed by atoms with Gasteiger partial charge in [0.05, 0.1) is 12.8 Å². The zero-order valence-electron chi connectivity index (χ0n) is 80.7. The third-order valence-corrected chi connectivity index (χ3v) is 22.3. The van der Waals surface area contributed by atoms with Crippen LogP contribution in [0.1, 0.15) is 192 Å². The smallest absolute Gasteiger partial charge is 0.308 e. The van der Waals surface area contributed by atoms with Crippen LogP contribution in [0.15, 0.2) is 212 Å². The van der Waals surface area contributed by atoms with Gasteiger partial charge >= 0.3 is 11.9 Å². The van der Waals surface area contributed by atoms with Crippen LogP contribution in [0.3, 0.4) is 0 Å². The van der Waals surface area contributed by atoms with Crippen LogP contribution in [0.4, 0.5) is 0 Å². The van der Waals surface area contributed by atoms with Gasteiger partial charge in [0.2, 0.25) is 76.8 Å². The summed E-state index contributed by atoms with van der Waals surface area (Å²) in [5, 5.41) is 36.6. The van der Waals surface area contributed by atoms with Crippen molar-refractivity contribution in [2.24, 2.45) is 29.6 Å². The molecular formula is C107H139N13O17. The van der Waals surface area contributed by atoms with E-state index in [1.807, 2.05) is 76.2 Å². The van der Waals surface area contributed by atoms with Gasteiger partial charge in [-0.2, -0.15) is 0 Å². The predicted octanol–water partition coefficient (Wildman–Crippen LogP) is 9.23.